The van der Waals surface area contributed by atoms with E-state index in [4.69, 9.17) is 5.73 Å². The average molecular weight is 294 g/mol. The Hall–Kier alpha value is -2.15. The van der Waals surface area contributed by atoms with Gasteiger partial charge in [0, 0.05) is 25.8 Å². The van der Waals surface area contributed by atoms with Crippen LogP contribution in [0.3, 0.4) is 0 Å². The molecule has 1 saturated heterocycles. The fourth-order valence-corrected chi connectivity index (χ4v) is 2.21. The van der Waals surface area contributed by atoms with Gasteiger partial charge in [0.05, 0.1) is 18.8 Å². The molecule has 114 valence electrons. The number of hydrogen-bond acceptors (Lipinski definition) is 4. The molecule has 2 amide bonds. The maximum Gasteiger partial charge on any atom is 0.238 e. The van der Waals surface area contributed by atoms with E-state index in [1.165, 1.54) is 18.2 Å². The van der Waals surface area contributed by atoms with E-state index in [-0.39, 0.29) is 30.6 Å². The van der Waals surface area contributed by atoms with E-state index in [0.717, 1.165) is 6.42 Å². The lowest BCUT2D eigenvalue weighted by Gasteiger charge is -2.18. The molecule has 0 aromatic heterocycles. The maximum atomic E-state index is 13.0. The van der Waals surface area contributed by atoms with Crippen LogP contribution >= 0.6 is 0 Å². The molecule has 6 nitrogen and oxygen atoms in total. The predicted molar refractivity (Wildman–Crippen MR) is 78.1 cm³/mol. The van der Waals surface area contributed by atoms with Crippen LogP contribution in [0, 0.1) is 5.82 Å². The first kappa shape index (κ1) is 15.2. The van der Waals surface area contributed by atoms with E-state index in [1.807, 2.05) is 0 Å². The molecule has 0 saturated carbocycles. The van der Waals surface area contributed by atoms with Crippen LogP contribution in [0.5, 0.6) is 0 Å². The van der Waals surface area contributed by atoms with Crippen LogP contribution in [0.1, 0.15) is 6.42 Å². The normalized spacial score (nSPS) is 16.7. The van der Waals surface area contributed by atoms with Crippen LogP contribution in [-0.4, -0.2) is 54.8 Å². The summed E-state index contributed by atoms with van der Waals surface area (Å²) < 4.78 is 13.0. The first-order valence-electron chi connectivity index (χ1n) is 6.77. The highest BCUT2D eigenvalue weighted by Gasteiger charge is 2.20. The molecule has 1 heterocycles. The van der Waals surface area contributed by atoms with E-state index >= 15 is 0 Å². The molecule has 0 atom stereocenters. The van der Waals surface area contributed by atoms with Crippen molar-refractivity contribution in [2.45, 2.75) is 6.42 Å². The van der Waals surface area contributed by atoms with E-state index in [0.29, 0.717) is 18.8 Å². The molecule has 0 unspecified atom stereocenters. The van der Waals surface area contributed by atoms with Gasteiger partial charge in [0.1, 0.15) is 5.82 Å². The smallest absolute Gasteiger partial charge is 0.238 e. The first-order chi connectivity index (χ1) is 9.95. The monoisotopic (exact) mass is 294 g/mol. The number of benzene rings is 1. The highest BCUT2D eigenvalue weighted by atomic mass is 19.1. The average Bonchev–Trinajstić information content (AvgIpc) is 2.56. The molecular weight excluding hydrogens is 275 g/mol. The minimum Gasteiger partial charge on any atom is -0.396 e. The largest absolute Gasteiger partial charge is 0.396 e. The van der Waals surface area contributed by atoms with Gasteiger partial charge in [-0.25, -0.2) is 4.39 Å². The van der Waals surface area contributed by atoms with Crippen molar-refractivity contribution in [3.63, 3.8) is 0 Å². The third kappa shape index (κ3) is 4.16. The summed E-state index contributed by atoms with van der Waals surface area (Å²) in [5.74, 6) is -0.765. The zero-order chi connectivity index (χ0) is 15.4. The summed E-state index contributed by atoms with van der Waals surface area (Å²) >= 11 is 0. The summed E-state index contributed by atoms with van der Waals surface area (Å²) in [7, 11) is 1.76. The molecule has 0 bridgehead atoms. The topological polar surface area (TPSA) is 78.7 Å². The lowest BCUT2D eigenvalue weighted by molar-refractivity contribution is -0.130. The molecular formula is C14H19FN4O2. The molecule has 7 heteroatoms. The van der Waals surface area contributed by atoms with Gasteiger partial charge in [-0.15, -0.1) is 0 Å². The molecule has 1 aliphatic rings. The number of carbonyl (C=O) groups is 2. The third-order valence-electron chi connectivity index (χ3n) is 3.40. The van der Waals surface area contributed by atoms with Crippen molar-refractivity contribution < 1.29 is 14.0 Å². The Kier molecular flexibility index (Phi) is 4.74. The standard InChI is InChI=1S/C14H19FN4O2/c1-18-5-2-6-19(9-14(18)21)8-13(20)17-10-3-4-11(15)12(16)7-10/h3-4,7H,2,5-6,8-9,16H2,1H3,(H,17,20). The van der Waals surface area contributed by atoms with Gasteiger partial charge >= 0.3 is 0 Å². The second-order valence-corrected chi connectivity index (χ2v) is 5.16. The van der Waals surface area contributed by atoms with E-state index < -0.39 is 5.82 Å². The number of nitrogen functional groups attached to an aromatic ring is 1. The second-order valence-electron chi connectivity index (χ2n) is 5.16. The number of likely N-dealkylation sites (N-methyl/N-ethyl adjacent to an activating group) is 1. The Morgan fingerprint density at radius 1 is 1.43 bits per heavy atom. The van der Waals surface area contributed by atoms with Crippen molar-refractivity contribution in [1.82, 2.24) is 9.80 Å². The van der Waals surface area contributed by atoms with Crippen LogP contribution in [0.4, 0.5) is 15.8 Å². The lowest BCUT2D eigenvalue weighted by Crippen LogP contribution is -2.38. The molecule has 1 aliphatic heterocycles. The van der Waals surface area contributed by atoms with Crippen LogP contribution in [0.25, 0.3) is 0 Å². The number of carbonyl (C=O) groups excluding carboxylic acids is 2. The Bertz CT molecular complexity index is 550. The molecule has 21 heavy (non-hydrogen) atoms. The summed E-state index contributed by atoms with van der Waals surface area (Å²) in [4.78, 5) is 27.2. The fourth-order valence-electron chi connectivity index (χ4n) is 2.21. The molecule has 0 radical (unpaired) electrons. The van der Waals surface area contributed by atoms with E-state index in [2.05, 4.69) is 5.32 Å². The number of nitrogens with two attached hydrogens (primary N) is 1. The molecule has 3 N–H and O–H groups in total. The number of nitrogens with zero attached hydrogens (tertiary/aromatic N) is 2. The third-order valence-corrected chi connectivity index (χ3v) is 3.40. The van der Waals surface area contributed by atoms with Crippen LogP contribution < -0.4 is 11.1 Å². The Morgan fingerprint density at radius 2 is 2.19 bits per heavy atom. The Balaban J connectivity index is 1.91. The van der Waals surface area contributed by atoms with Gasteiger partial charge < -0.3 is 16.0 Å². The minimum atomic E-state index is -0.519. The molecule has 0 aliphatic carbocycles. The molecule has 0 spiro atoms. The Morgan fingerprint density at radius 3 is 2.90 bits per heavy atom. The quantitative estimate of drug-likeness (QED) is 0.796. The van der Waals surface area contributed by atoms with Crippen molar-refractivity contribution >= 4 is 23.2 Å². The second kappa shape index (κ2) is 6.53. The number of hydrogen-bond donors (Lipinski definition) is 2. The number of halogens is 1. The predicted octanol–water partition coefficient (Wildman–Crippen LogP) is 0.510. The number of amides is 2. The first-order valence-corrected chi connectivity index (χ1v) is 6.77. The van der Waals surface area contributed by atoms with Crippen LogP contribution in [-0.2, 0) is 9.59 Å². The Labute approximate surface area is 122 Å². The summed E-state index contributed by atoms with van der Waals surface area (Å²) in [6.45, 7) is 1.74. The minimum absolute atomic E-state index is 0.00586. The van der Waals surface area contributed by atoms with Gasteiger partial charge in [-0.2, -0.15) is 0 Å². The fraction of sp³-hybridized carbons (Fsp3) is 0.429. The van der Waals surface area contributed by atoms with E-state index in [9.17, 15) is 14.0 Å². The number of nitrogens with one attached hydrogen (secondary N) is 1. The molecule has 1 fully saturated rings. The van der Waals surface area contributed by atoms with Gasteiger partial charge in [0.15, 0.2) is 0 Å². The molecule has 2 rings (SSSR count). The van der Waals surface area contributed by atoms with Gasteiger partial charge in [-0.05, 0) is 24.6 Å². The zero-order valence-corrected chi connectivity index (χ0v) is 11.9. The summed E-state index contributed by atoms with van der Waals surface area (Å²) in [5, 5.41) is 2.65. The number of anilines is 2. The molecule has 1 aromatic rings. The highest BCUT2D eigenvalue weighted by Crippen LogP contribution is 2.16. The van der Waals surface area contributed by atoms with Crippen molar-refractivity contribution in [3.05, 3.63) is 24.0 Å². The maximum absolute atomic E-state index is 13.0. The van der Waals surface area contributed by atoms with E-state index in [1.54, 1.807) is 16.8 Å². The van der Waals surface area contributed by atoms with Gasteiger partial charge in [0.25, 0.3) is 0 Å². The lowest BCUT2D eigenvalue weighted by atomic mass is 10.2. The van der Waals surface area contributed by atoms with Gasteiger partial charge in [-0.1, -0.05) is 0 Å². The van der Waals surface area contributed by atoms with Crippen molar-refractivity contribution in [1.29, 1.82) is 0 Å². The van der Waals surface area contributed by atoms with Crippen molar-refractivity contribution in [2.75, 3.05) is 44.3 Å². The zero-order valence-electron chi connectivity index (χ0n) is 11.9. The SMILES string of the molecule is CN1CCCN(CC(=O)Nc2ccc(F)c(N)c2)CC1=O. The summed E-state index contributed by atoms with van der Waals surface area (Å²) in [6.07, 6.45) is 0.832. The van der Waals surface area contributed by atoms with Gasteiger partial charge in [-0.3, -0.25) is 14.5 Å². The molecule has 1 aromatic carbocycles. The van der Waals surface area contributed by atoms with Crippen molar-refractivity contribution in [2.24, 2.45) is 0 Å². The summed E-state index contributed by atoms with van der Waals surface area (Å²) in [5.41, 5.74) is 5.88. The van der Waals surface area contributed by atoms with Crippen LogP contribution in [0.15, 0.2) is 18.2 Å². The van der Waals surface area contributed by atoms with Gasteiger partial charge in [0.2, 0.25) is 11.8 Å². The summed E-state index contributed by atoms with van der Waals surface area (Å²) in [6, 6.07) is 4.02. The van der Waals surface area contributed by atoms with Crippen molar-refractivity contribution in [3.8, 4) is 0 Å². The number of rotatable bonds is 3. The highest BCUT2D eigenvalue weighted by molar-refractivity contribution is 5.93. The van der Waals surface area contributed by atoms with Crippen LogP contribution in [0.2, 0.25) is 0 Å².